The Balaban J connectivity index is 0.00000133. The first-order chi connectivity index (χ1) is 8.48. The van der Waals surface area contributed by atoms with Crippen LogP contribution in [0.1, 0.15) is 24.0 Å². The van der Waals surface area contributed by atoms with Crippen molar-refractivity contribution >= 4 is 0 Å². The zero-order chi connectivity index (χ0) is 13.0. The van der Waals surface area contributed by atoms with Crippen molar-refractivity contribution in [2.45, 2.75) is 25.4 Å². The topological polar surface area (TPSA) is 20.2 Å². The number of fused-ring (bicyclic) bond motifs is 3. The van der Waals surface area contributed by atoms with E-state index in [1.54, 1.807) is 0 Å². The van der Waals surface area contributed by atoms with Crippen LogP contribution in [0.2, 0.25) is 0 Å². The minimum atomic E-state index is -0.823. The monoisotopic (exact) mass is 371 g/mol. The van der Waals surface area contributed by atoms with E-state index in [2.05, 4.69) is 32.7 Å². The lowest BCUT2D eigenvalue weighted by molar-refractivity contribution is -0.896. The minimum absolute atomic E-state index is 0. The number of aliphatic hydroxyl groups is 1. The summed E-state index contributed by atoms with van der Waals surface area (Å²) in [6.07, 6.45) is 2.20. The summed E-state index contributed by atoms with van der Waals surface area (Å²) in [5.74, 6) is 0.339. The molecule has 0 aliphatic carbocycles. The van der Waals surface area contributed by atoms with Gasteiger partial charge in [-0.3, -0.25) is 4.48 Å². The average molecular weight is 371 g/mol. The molecule has 3 saturated heterocycles. The number of nitrogens with zero attached hydrogens (tertiary/aromatic N) is 1. The molecule has 0 aromatic heterocycles. The zero-order valence-electron chi connectivity index (χ0n) is 11.7. The maximum absolute atomic E-state index is 11.3. The van der Waals surface area contributed by atoms with Gasteiger partial charge in [0.25, 0.3) is 0 Å². The van der Waals surface area contributed by atoms with Gasteiger partial charge in [-0.2, -0.15) is 0 Å². The van der Waals surface area contributed by atoms with E-state index in [1.807, 2.05) is 12.1 Å². The number of likely N-dealkylation sites (N-methyl/N-ethyl adjacent to an activating group) is 1. The van der Waals surface area contributed by atoms with Crippen LogP contribution >= 0.6 is 0 Å². The van der Waals surface area contributed by atoms with Gasteiger partial charge in [-0.05, 0) is 24.6 Å². The highest BCUT2D eigenvalue weighted by Gasteiger charge is 2.57. The van der Waals surface area contributed by atoms with Crippen LogP contribution in [0.3, 0.4) is 0 Å². The number of benzene rings is 1. The van der Waals surface area contributed by atoms with Crippen molar-refractivity contribution in [2.24, 2.45) is 5.92 Å². The maximum atomic E-state index is 11.3. The van der Waals surface area contributed by atoms with E-state index in [0.29, 0.717) is 5.92 Å². The van der Waals surface area contributed by atoms with Crippen LogP contribution in [0.4, 0.5) is 0 Å². The Hall–Kier alpha value is -0.390. The van der Waals surface area contributed by atoms with Gasteiger partial charge in [-0.1, -0.05) is 24.3 Å². The van der Waals surface area contributed by atoms with Crippen molar-refractivity contribution in [2.75, 3.05) is 20.1 Å². The van der Waals surface area contributed by atoms with E-state index in [0.717, 1.165) is 41.7 Å². The Bertz CT molecular complexity index is 505. The van der Waals surface area contributed by atoms with Crippen LogP contribution in [-0.4, -0.2) is 29.7 Å². The summed E-state index contributed by atoms with van der Waals surface area (Å²) in [5, 5.41) is 11.3. The van der Waals surface area contributed by atoms with Gasteiger partial charge in [0, 0.05) is 18.8 Å². The summed E-state index contributed by atoms with van der Waals surface area (Å²) in [4.78, 5) is 0. The molecule has 1 aromatic carbocycles. The third kappa shape index (κ3) is 1.98. The fourth-order valence-corrected chi connectivity index (χ4v) is 3.85. The lowest BCUT2D eigenvalue weighted by Gasteiger charge is -2.55. The number of rotatable bonds is 1. The number of aryl methyl sites for hydroxylation is 1. The first kappa shape index (κ1) is 15.0. The molecule has 3 heteroatoms. The van der Waals surface area contributed by atoms with Gasteiger partial charge in [0.2, 0.25) is 0 Å². The van der Waals surface area contributed by atoms with Crippen molar-refractivity contribution in [3.05, 3.63) is 47.7 Å². The molecule has 1 aromatic rings. The third-order valence-corrected chi connectivity index (χ3v) is 5.18. The molecule has 0 radical (unpaired) electrons. The Morgan fingerprint density at radius 1 is 1.26 bits per heavy atom. The van der Waals surface area contributed by atoms with Crippen LogP contribution in [0.15, 0.2) is 36.5 Å². The highest BCUT2D eigenvalue weighted by molar-refractivity contribution is 5.38. The number of halogens is 1. The highest BCUT2D eigenvalue weighted by Crippen LogP contribution is 2.52. The molecule has 3 aliphatic heterocycles. The normalized spacial score (nSPS) is 37.0. The molecule has 3 heterocycles. The molecule has 0 saturated carbocycles. The Kier molecular flexibility index (Phi) is 3.84. The molecule has 4 rings (SSSR count). The summed E-state index contributed by atoms with van der Waals surface area (Å²) < 4.78 is 0.835. The highest BCUT2D eigenvalue weighted by atomic mass is 127. The number of piperidine rings is 3. The molecule has 0 amide bonds. The van der Waals surface area contributed by atoms with E-state index in [9.17, 15) is 5.11 Å². The molecular formula is C16H22INO. The van der Waals surface area contributed by atoms with Gasteiger partial charge in [0.15, 0.2) is 5.60 Å². The first-order valence-corrected chi connectivity index (χ1v) is 6.81. The van der Waals surface area contributed by atoms with Gasteiger partial charge in [0.1, 0.15) is 5.70 Å². The van der Waals surface area contributed by atoms with Gasteiger partial charge >= 0.3 is 0 Å². The maximum Gasteiger partial charge on any atom is 0.166 e. The molecule has 19 heavy (non-hydrogen) atoms. The largest absolute Gasteiger partial charge is 1.00 e. The second-order valence-corrected chi connectivity index (χ2v) is 6.15. The second-order valence-electron chi connectivity index (χ2n) is 6.15. The standard InChI is InChI=1S/C16H22NO.HI/c1-12-6-4-5-7-15(12)16(18)13(2)17(3)10-8-14(16)9-11-17;/h4-7,14,18H,2,8-11H2,1,3H3;1H/q+1;/p-1. The summed E-state index contributed by atoms with van der Waals surface area (Å²) in [5.41, 5.74) is 2.39. The molecule has 3 fully saturated rings. The van der Waals surface area contributed by atoms with Gasteiger partial charge in [-0.15, -0.1) is 0 Å². The molecule has 3 aliphatic rings. The van der Waals surface area contributed by atoms with Crippen LogP contribution in [-0.2, 0) is 5.60 Å². The number of quaternary nitrogens is 1. The van der Waals surface area contributed by atoms with Gasteiger partial charge in [0.05, 0.1) is 20.1 Å². The second kappa shape index (κ2) is 4.86. The van der Waals surface area contributed by atoms with Crippen LogP contribution < -0.4 is 24.0 Å². The molecular weight excluding hydrogens is 349 g/mol. The van der Waals surface area contributed by atoms with E-state index in [1.165, 1.54) is 5.56 Å². The zero-order valence-corrected chi connectivity index (χ0v) is 13.9. The Morgan fingerprint density at radius 2 is 1.84 bits per heavy atom. The van der Waals surface area contributed by atoms with Crippen LogP contribution in [0, 0.1) is 12.8 Å². The van der Waals surface area contributed by atoms with Crippen molar-refractivity contribution in [3.8, 4) is 0 Å². The van der Waals surface area contributed by atoms with E-state index >= 15 is 0 Å². The lowest BCUT2D eigenvalue weighted by atomic mass is 9.67. The summed E-state index contributed by atoms with van der Waals surface area (Å²) in [6.45, 7) is 8.59. The van der Waals surface area contributed by atoms with E-state index < -0.39 is 5.60 Å². The van der Waals surface area contributed by atoms with E-state index in [4.69, 9.17) is 0 Å². The quantitative estimate of drug-likeness (QED) is 0.525. The fourth-order valence-electron chi connectivity index (χ4n) is 3.85. The van der Waals surface area contributed by atoms with Crippen LogP contribution in [0.25, 0.3) is 0 Å². The average Bonchev–Trinajstić information content (AvgIpc) is 2.37. The minimum Gasteiger partial charge on any atom is -1.00 e. The summed E-state index contributed by atoms with van der Waals surface area (Å²) >= 11 is 0. The molecule has 104 valence electrons. The van der Waals surface area contributed by atoms with Gasteiger partial charge in [-0.25, -0.2) is 0 Å². The lowest BCUT2D eigenvalue weighted by Crippen LogP contribution is -3.00. The molecule has 0 spiro atoms. The smallest absolute Gasteiger partial charge is 0.166 e. The molecule has 1 N–H and O–H groups in total. The predicted octanol–water partition coefficient (Wildman–Crippen LogP) is -0.429. The SMILES string of the molecule is C=C1C(O)(c2ccccc2C)C2CC[N+]1(C)CC2.[I-]. The number of hydrogen-bond acceptors (Lipinski definition) is 1. The molecule has 2 bridgehead atoms. The molecule has 1 unspecified atom stereocenters. The third-order valence-electron chi connectivity index (χ3n) is 5.18. The van der Waals surface area contributed by atoms with Crippen molar-refractivity contribution in [3.63, 3.8) is 0 Å². The number of hydrogen-bond donors (Lipinski definition) is 1. The Morgan fingerprint density at radius 3 is 2.42 bits per heavy atom. The summed E-state index contributed by atoms with van der Waals surface area (Å²) in [7, 11) is 2.21. The van der Waals surface area contributed by atoms with Crippen LogP contribution in [0.5, 0.6) is 0 Å². The van der Waals surface area contributed by atoms with Crippen molar-refractivity contribution in [1.82, 2.24) is 0 Å². The van der Waals surface area contributed by atoms with Crippen molar-refractivity contribution < 1.29 is 33.6 Å². The summed E-state index contributed by atoms with van der Waals surface area (Å²) in [6, 6.07) is 8.19. The van der Waals surface area contributed by atoms with Crippen molar-refractivity contribution in [1.29, 1.82) is 0 Å². The Labute approximate surface area is 132 Å². The fraction of sp³-hybridized carbons (Fsp3) is 0.500. The molecule has 1 atom stereocenters. The van der Waals surface area contributed by atoms with Gasteiger partial charge < -0.3 is 29.1 Å². The predicted molar refractivity (Wildman–Crippen MR) is 72.9 cm³/mol. The van der Waals surface area contributed by atoms with E-state index in [-0.39, 0.29) is 24.0 Å². The first-order valence-electron chi connectivity index (χ1n) is 6.81. The molecule has 2 nitrogen and oxygen atoms in total.